The minimum absolute atomic E-state index is 0.00799. The van der Waals surface area contributed by atoms with E-state index >= 15 is 0 Å². The second kappa shape index (κ2) is 4.60. The Morgan fingerprint density at radius 1 is 1.40 bits per heavy atom. The molecule has 1 aromatic heterocycles. The van der Waals surface area contributed by atoms with Crippen LogP contribution in [0.3, 0.4) is 0 Å². The molecule has 0 radical (unpaired) electrons. The summed E-state index contributed by atoms with van der Waals surface area (Å²) in [5.74, 6) is 0.340. The van der Waals surface area contributed by atoms with E-state index in [0.717, 1.165) is 25.7 Å². The number of hydrogen-bond donors (Lipinski definition) is 2. The molecule has 20 heavy (non-hydrogen) atoms. The van der Waals surface area contributed by atoms with Gasteiger partial charge in [-0.3, -0.25) is 4.79 Å². The van der Waals surface area contributed by atoms with E-state index in [9.17, 15) is 13.2 Å². The highest BCUT2D eigenvalue weighted by atomic mass is 32.2. The molecule has 1 amide bonds. The third-order valence-corrected chi connectivity index (χ3v) is 4.89. The van der Waals surface area contributed by atoms with Crippen molar-refractivity contribution in [3.63, 3.8) is 0 Å². The van der Waals surface area contributed by atoms with Gasteiger partial charge in [0.15, 0.2) is 0 Å². The lowest BCUT2D eigenvalue weighted by Gasteiger charge is -2.14. The summed E-state index contributed by atoms with van der Waals surface area (Å²) in [5, 5.41) is 8.10. The van der Waals surface area contributed by atoms with Crippen LogP contribution >= 0.6 is 0 Å². The molecule has 0 bridgehead atoms. The molecule has 1 unspecified atom stereocenters. The average Bonchev–Trinajstić information content (AvgIpc) is 3.24. The number of nitrogens with one attached hydrogen (secondary N) is 1. The summed E-state index contributed by atoms with van der Waals surface area (Å²) in [6.07, 6.45) is 5.71. The van der Waals surface area contributed by atoms with Crippen molar-refractivity contribution in [2.45, 2.75) is 49.6 Å². The molecule has 0 aliphatic heterocycles. The SMILES string of the molecule is CC(NC(=O)c1cc(S(N)(=O)=O)cn1C1CC1)C1CC1. The number of aromatic nitrogens is 1. The maximum absolute atomic E-state index is 12.3. The van der Waals surface area contributed by atoms with E-state index in [0.29, 0.717) is 11.6 Å². The third kappa shape index (κ3) is 2.73. The molecule has 2 saturated carbocycles. The summed E-state index contributed by atoms with van der Waals surface area (Å²) in [6, 6.07) is 1.73. The molecule has 2 fully saturated rings. The first-order valence-corrected chi connectivity index (χ1v) is 8.46. The lowest BCUT2D eigenvalue weighted by molar-refractivity contribution is 0.0926. The van der Waals surface area contributed by atoms with Crippen LogP contribution in [0.2, 0.25) is 0 Å². The molecule has 7 heteroatoms. The topological polar surface area (TPSA) is 94.2 Å². The Morgan fingerprint density at radius 3 is 2.55 bits per heavy atom. The largest absolute Gasteiger partial charge is 0.348 e. The van der Waals surface area contributed by atoms with Crippen molar-refractivity contribution in [3.8, 4) is 0 Å². The number of primary sulfonamides is 1. The minimum atomic E-state index is -3.78. The first kappa shape index (κ1) is 13.6. The molecule has 110 valence electrons. The highest BCUT2D eigenvalue weighted by Gasteiger charge is 2.32. The van der Waals surface area contributed by atoms with Gasteiger partial charge in [-0.15, -0.1) is 0 Å². The van der Waals surface area contributed by atoms with E-state index in [-0.39, 0.29) is 22.9 Å². The zero-order valence-electron chi connectivity index (χ0n) is 11.4. The van der Waals surface area contributed by atoms with E-state index in [1.54, 1.807) is 4.57 Å². The molecule has 0 saturated heterocycles. The number of carbonyl (C=O) groups is 1. The first-order chi connectivity index (χ1) is 9.36. The molecular weight excluding hydrogens is 278 g/mol. The van der Waals surface area contributed by atoms with Crippen LogP contribution in [0.4, 0.5) is 0 Å². The van der Waals surface area contributed by atoms with Crippen LogP contribution in [-0.4, -0.2) is 24.9 Å². The Balaban J connectivity index is 1.86. The van der Waals surface area contributed by atoms with Gasteiger partial charge in [0.25, 0.3) is 5.91 Å². The predicted octanol–water partition coefficient (Wildman–Crippen LogP) is 0.999. The predicted molar refractivity (Wildman–Crippen MR) is 73.7 cm³/mol. The summed E-state index contributed by atoms with van der Waals surface area (Å²) >= 11 is 0. The van der Waals surface area contributed by atoms with E-state index in [1.807, 2.05) is 6.92 Å². The first-order valence-electron chi connectivity index (χ1n) is 6.92. The van der Waals surface area contributed by atoms with Crippen molar-refractivity contribution >= 4 is 15.9 Å². The number of nitrogens with zero attached hydrogens (tertiary/aromatic N) is 1. The average molecular weight is 297 g/mol. The molecule has 3 rings (SSSR count). The Hall–Kier alpha value is -1.34. The van der Waals surface area contributed by atoms with Gasteiger partial charge >= 0.3 is 0 Å². The summed E-state index contributed by atoms with van der Waals surface area (Å²) in [4.78, 5) is 12.3. The summed E-state index contributed by atoms with van der Waals surface area (Å²) in [6.45, 7) is 1.99. The maximum atomic E-state index is 12.3. The highest BCUT2D eigenvalue weighted by Crippen LogP contribution is 2.37. The molecule has 2 aliphatic rings. The Morgan fingerprint density at radius 2 is 2.05 bits per heavy atom. The van der Waals surface area contributed by atoms with Crippen LogP contribution in [0.5, 0.6) is 0 Å². The van der Waals surface area contributed by atoms with Crippen molar-refractivity contribution in [2.75, 3.05) is 0 Å². The fourth-order valence-electron chi connectivity index (χ4n) is 2.44. The molecule has 1 aromatic rings. The number of rotatable bonds is 5. The minimum Gasteiger partial charge on any atom is -0.348 e. The normalized spacial score (nSPS) is 20.7. The fourth-order valence-corrected chi connectivity index (χ4v) is 2.98. The standard InChI is InChI=1S/C13H19N3O3S/c1-8(9-2-3-9)15-13(17)12-6-11(20(14,18)19)7-16(12)10-4-5-10/h6-10H,2-5H2,1H3,(H,15,17)(H2,14,18,19). The quantitative estimate of drug-likeness (QED) is 0.849. The Bertz CT molecular complexity index is 642. The van der Waals surface area contributed by atoms with E-state index in [2.05, 4.69) is 5.32 Å². The van der Waals surface area contributed by atoms with E-state index in [1.165, 1.54) is 12.3 Å². The van der Waals surface area contributed by atoms with Gasteiger partial charge in [-0.2, -0.15) is 0 Å². The van der Waals surface area contributed by atoms with E-state index < -0.39 is 10.0 Å². The summed E-state index contributed by atoms with van der Waals surface area (Å²) in [7, 11) is -3.78. The monoisotopic (exact) mass is 297 g/mol. The van der Waals surface area contributed by atoms with Gasteiger partial charge in [0, 0.05) is 18.3 Å². The van der Waals surface area contributed by atoms with Gasteiger partial charge in [0.05, 0.1) is 0 Å². The van der Waals surface area contributed by atoms with Crippen molar-refractivity contribution in [1.82, 2.24) is 9.88 Å². The highest BCUT2D eigenvalue weighted by molar-refractivity contribution is 7.89. The van der Waals surface area contributed by atoms with Crippen molar-refractivity contribution in [2.24, 2.45) is 11.1 Å². The van der Waals surface area contributed by atoms with Gasteiger partial charge in [-0.1, -0.05) is 0 Å². The third-order valence-electron chi connectivity index (χ3n) is 4.01. The number of amides is 1. The molecule has 0 aromatic carbocycles. The molecule has 0 spiro atoms. The fraction of sp³-hybridized carbons (Fsp3) is 0.615. The summed E-state index contributed by atoms with van der Waals surface area (Å²) < 4.78 is 24.6. The number of sulfonamides is 1. The van der Waals surface area contributed by atoms with Gasteiger partial charge in [0.1, 0.15) is 10.6 Å². The maximum Gasteiger partial charge on any atom is 0.268 e. The zero-order chi connectivity index (χ0) is 14.5. The van der Waals surface area contributed by atoms with Crippen LogP contribution in [0.1, 0.15) is 49.1 Å². The lowest BCUT2D eigenvalue weighted by Crippen LogP contribution is -2.35. The number of carbonyl (C=O) groups excluding carboxylic acids is 1. The van der Waals surface area contributed by atoms with Crippen molar-refractivity contribution in [3.05, 3.63) is 18.0 Å². The van der Waals surface area contributed by atoms with Crippen LogP contribution in [0.15, 0.2) is 17.2 Å². The molecule has 1 atom stereocenters. The molecule has 1 heterocycles. The number of nitrogens with two attached hydrogens (primary N) is 1. The lowest BCUT2D eigenvalue weighted by atomic mass is 10.2. The Labute approximate surface area is 118 Å². The van der Waals surface area contributed by atoms with Crippen LogP contribution in [-0.2, 0) is 10.0 Å². The van der Waals surface area contributed by atoms with Gasteiger partial charge < -0.3 is 9.88 Å². The van der Waals surface area contributed by atoms with Gasteiger partial charge in [0.2, 0.25) is 10.0 Å². The second-order valence-electron chi connectivity index (χ2n) is 5.84. The van der Waals surface area contributed by atoms with Crippen LogP contribution in [0.25, 0.3) is 0 Å². The molecule has 3 N–H and O–H groups in total. The second-order valence-corrected chi connectivity index (χ2v) is 7.41. The Kier molecular flexibility index (Phi) is 3.13. The van der Waals surface area contributed by atoms with Crippen LogP contribution in [0, 0.1) is 5.92 Å². The smallest absolute Gasteiger partial charge is 0.268 e. The van der Waals surface area contributed by atoms with Crippen LogP contribution < -0.4 is 10.5 Å². The number of hydrogen-bond acceptors (Lipinski definition) is 3. The molecule has 2 aliphatic carbocycles. The zero-order valence-corrected chi connectivity index (χ0v) is 12.2. The van der Waals surface area contributed by atoms with Gasteiger partial charge in [-0.25, -0.2) is 13.6 Å². The van der Waals surface area contributed by atoms with Gasteiger partial charge in [-0.05, 0) is 44.6 Å². The van der Waals surface area contributed by atoms with Crippen molar-refractivity contribution < 1.29 is 13.2 Å². The van der Waals surface area contributed by atoms with Crippen molar-refractivity contribution in [1.29, 1.82) is 0 Å². The molecule has 6 nitrogen and oxygen atoms in total. The summed E-state index contributed by atoms with van der Waals surface area (Å²) in [5.41, 5.74) is 0.393. The molecular formula is C13H19N3O3S. The van der Waals surface area contributed by atoms with E-state index in [4.69, 9.17) is 5.14 Å².